The van der Waals surface area contributed by atoms with Crippen LogP contribution in [0, 0.1) is 0 Å². The van der Waals surface area contributed by atoms with Crippen molar-refractivity contribution in [2.45, 2.75) is 25.6 Å². The number of pyridine rings is 1. The molecule has 3 rings (SSSR count). The molecule has 3 aromatic rings. The van der Waals surface area contributed by atoms with E-state index < -0.39 is 6.10 Å². The van der Waals surface area contributed by atoms with Crippen molar-refractivity contribution >= 4 is 30.1 Å². The highest BCUT2D eigenvalue weighted by atomic mass is 32.1. The van der Waals surface area contributed by atoms with E-state index in [0.29, 0.717) is 29.4 Å². The van der Waals surface area contributed by atoms with Crippen molar-refractivity contribution < 1.29 is 14.3 Å². The first kappa shape index (κ1) is 26.1. The molecule has 2 unspecified atom stereocenters. The average Bonchev–Trinajstić information content (AvgIpc) is 2.90. The van der Waals surface area contributed by atoms with Gasteiger partial charge in [0.05, 0.1) is 11.4 Å². The number of nitrogens with one attached hydrogen (secondary N) is 3. The lowest BCUT2D eigenvalue weighted by Crippen LogP contribution is -2.36. The molecular weight excluding hydrogens is 462 g/mol. The average molecular weight is 494 g/mol. The lowest BCUT2D eigenvalue weighted by Gasteiger charge is -2.19. The molecule has 0 aliphatic heterocycles. The predicted octanol–water partition coefficient (Wildman–Crippen LogP) is 2.86. The van der Waals surface area contributed by atoms with Gasteiger partial charge in [-0.1, -0.05) is 42.5 Å². The molecular formula is C26H31N5O3S. The summed E-state index contributed by atoms with van der Waals surface area (Å²) in [7, 11) is 1.58. The number of amides is 2. The number of thiol groups is 1. The first-order valence-corrected chi connectivity index (χ1v) is 12.0. The summed E-state index contributed by atoms with van der Waals surface area (Å²) in [5.41, 5.74) is 9.62. The summed E-state index contributed by atoms with van der Waals surface area (Å²) in [4.78, 5) is 29.3. The third kappa shape index (κ3) is 7.46. The Bertz CT molecular complexity index is 1140. The van der Waals surface area contributed by atoms with Gasteiger partial charge in [0.15, 0.2) is 6.10 Å². The second-order valence-corrected chi connectivity index (χ2v) is 8.36. The summed E-state index contributed by atoms with van der Waals surface area (Å²) in [5.74, 6) is 0.345. The van der Waals surface area contributed by atoms with E-state index in [4.69, 9.17) is 10.5 Å². The van der Waals surface area contributed by atoms with E-state index in [9.17, 15) is 9.59 Å². The van der Waals surface area contributed by atoms with Crippen molar-refractivity contribution in [3.8, 4) is 17.1 Å². The second kappa shape index (κ2) is 12.8. The second-order valence-electron chi connectivity index (χ2n) is 8.00. The van der Waals surface area contributed by atoms with Crippen molar-refractivity contribution in [1.82, 2.24) is 15.6 Å². The fourth-order valence-corrected chi connectivity index (χ4v) is 3.39. The van der Waals surface area contributed by atoms with Gasteiger partial charge in [0.1, 0.15) is 0 Å². The first-order chi connectivity index (χ1) is 16.9. The van der Waals surface area contributed by atoms with Crippen LogP contribution in [0.4, 0.5) is 5.69 Å². The number of carbonyl (C=O) groups is 2. The van der Waals surface area contributed by atoms with Gasteiger partial charge in [-0.3, -0.25) is 9.59 Å². The topological polar surface area (TPSA) is 118 Å². The maximum atomic E-state index is 12.8. The monoisotopic (exact) mass is 493 g/mol. The van der Waals surface area contributed by atoms with E-state index in [2.05, 4.69) is 33.6 Å². The third-order valence-electron chi connectivity index (χ3n) is 5.26. The van der Waals surface area contributed by atoms with Crippen LogP contribution in [0.1, 0.15) is 22.8 Å². The number of hydrogen-bond acceptors (Lipinski definition) is 7. The van der Waals surface area contributed by atoms with E-state index in [0.717, 1.165) is 16.8 Å². The fourth-order valence-electron chi connectivity index (χ4n) is 3.26. The molecule has 2 aromatic carbocycles. The van der Waals surface area contributed by atoms with Crippen LogP contribution in [-0.4, -0.2) is 48.3 Å². The zero-order valence-electron chi connectivity index (χ0n) is 19.8. The Morgan fingerprint density at radius 3 is 2.57 bits per heavy atom. The molecule has 35 heavy (non-hydrogen) atoms. The summed E-state index contributed by atoms with van der Waals surface area (Å²) in [6.07, 6.45) is -0.810. The number of anilines is 1. The third-order valence-corrected chi connectivity index (χ3v) is 5.73. The highest BCUT2D eigenvalue weighted by Crippen LogP contribution is 2.28. The van der Waals surface area contributed by atoms with Crippen molar-refractivity contribution in [3.63, 3.8) is 0 Å². The highest BCUT2D eigenvalue weighted by Gasteiger charge is 2.19. The Kier molecular flexibility index (Phi) is 9.51. The first-order valence-electron chi connectivity index (χ1n) is 11.3. The maximum absolute atomic E-state index is 12.8. The summed E-state index contributed by atoms with van der Waals surface area (Å²) in [5, 5.41) is 8.68. The minimum atomic E-state index is -0.810. The van der Waals surface area contributed by atoms with Gasteiger partial charge < -0.3 is 26.4 Å². The van der Waals surface area contributed by atoms with Gasteiger partial charge in [-0.05, 0) is 36.8 Å². The fraction of sp³-hybridized carbons (Fsp3) is 0.269. The van der Waals surface area contributed by atoms with Crippen LogP contribution in [0.25, 0.3) is 11.3 Å². The molecule has 0 aliphatic rings. The smallest absolute Gasteiger partial charge is 0.261 e. The number of nitrogens with two attached hydrogens (primary N) is 1. The molecule has 1 heterocycles. The number of hydrogen-bond donors (Lipinski definition) is 5. The van der Waals surface area contributed by atoms with E-state index in [-0.39, 0.29) is 24.4 Å². The van der Waals surface area contributed by atoms with Crippen LogP contribution in [0.2, 0.25) is 0 Å². The normalized spacial score (nSPS) is 12.3. The Balaban J connectivity index is 1.72. The standard InChI is InChI=1S/C26H31N5O3S/c1-17(24(32)30-14-18-7-6-10-20(13-18)25(33)28-2)34-26-23(29-15-21(27)16-35)12-11-22(31-26)19-8-4-3-5-9-19/h3-13,17,21,29,35H,14-16,27H2,1-2H3,(H,28,33)(H,30,32). The van der Waals surface area contributed by atoms with Gasteiger partial charge in [-0.15, -0.1) is 0 Å². The number of ether oxygens (including phenoxy) is 1. The van der Waals surface area contributed by atoms with Gasteiger partial charge in [0.2, 0.25) is 5.88 Å². The van der Waals surface area contributed by atoms with Crippen molar-refractivity contribution in [1.29, 1.82) is 0 Å². The Morgan fingerprint density at radius 1 is 1.09 bits per heavy atom. The molecule has 0 aliphatic carbocycles. The van der Waals surface area contributed by atoms with Gasteiger partial charge in [-0.2, -0.15) is 12.6 Å². The molecule has 0 saturated heterocycles. The van der Waals surface area contributed by atoms with E-state index in [1.165, 1.54) is 0 Å². The largest absolute Gasteiger partial charge is 0.463 e. The summed E-state index contributed by atoms with van der Waals surface area (Å²) < 4.78 is 5.99. The molecule has 0 spiro atoms. The molecule has 0 bridgehead atoms. The molecule has 0 radical (unpaired) electrons. The molecule has 2 atom stereocenters. The SMILES string of the molecule is CNC(=O)c1cccc(CNC(=O)C(C)Oc2nc(-c3ccccc3)ccc2NCC(N)CS)c1. The molecule has 1 aromatic heterocycles. The van der Waals surface area contributed by atoms with E-state index in [1.54, 1.807) is 32.2 Å². The number of rotatable bonds is 11. The zero-order valence-corrected chi connectivity index (χ0v) is 20.7. The minimum Gasteiger partial charge on any atom is -0.463 e. The number of carbonyl (C=O) groups excluding carboxylic acids is 2. The maximum Gasteiger partial charge on any atom is 0.261 e. The lowest BCUT2D eigenvalue weighted by molar-refractivity contribution is -0.127. The Labute approximate surface area is 211 Å². The Morgan fingerprint density at radius 2 is 1.86 bits per heavy atom. The van der Waals surface area contributed by atoms with Crippen molar-refractivity contribution in [2.75, 3.05) is 24.7 Å². The zero-order chi connectivity index (χ0) is 25.2. The quantitative estimate of drug-likeness (QED) is 0.262. The number of nitrogens with zero attached hydrogens (tertiary/aromatic N) is 1. The van der Waals surface area contributed by atoms with Gasteiger partial charge in [-0.25, -0.2) is 4.98 Å². The van der Waals surface area contributed by atoms with Crippen LogP contribution in [0.5, 0.6) is 5.88 Å². The predicted molar refractivity (Wildman–Crippen MR) is 142 cm³/mol. The molecule has 8 nitrogen and oxygen atoms in total. The minimum absolute atomic E-state index is 0.147. The van der Waals surface area contributed by atoms with Crippen LogP contribution < -0.4 is 26.4 Å². The Hall–Kier alpha value is -3.56. The summed E-state index contributed by atoms with van der Waals surface area (Å²) in [6, 6.07) is 20.4. The van der Waals surface area contributed by atoms with Crippen molar-refractivity contribution in [3.05, 3.63) is 77.9 Å². The van der Waals surface area contributed by atoms with Crippen LogP contribution >= 0.6 is 12.6 Å². The molecule has 2 amide bonds. The molecule has 5 N–H and O–H groups in total. The van der Waals surface area contributed by atoms with Gasteiger partial charge in [0.25, 0.3) is 11.8 Å². The lowest BCUT2D eigenvalue weighted by atomic mass is 10.1. The number of aromatic nitrogens is 1. The summed E-state index contributed by atoms with van der Waals surface area (Å²) >= 11 is 4.22. The number of benzene rings is 2. The van der Waals surface area contributed by atoms with Crippen LogP contribution in [0.15, 0.2) is 66.7 Å². The molecule has 184 valence electrons. The van der Waals surface area contributed by atoms with Crippen LogP contribution in [0.3, 0.4) is 0 Å². The van der Waals surface area contributed by atoms with Crippen molar-refractivity contribution in [2.24, 2.45) is 5.73 Å². The molecule has 0 fully saturated rings. The van der Waals surface area contributed by atoms with E-state index >= 15 is 0 Å². The van der Waals surface area contributed by atoms with Crippen LogP contribution in [-0.2, 0) is 11.3 Å². The van der Waals surface area contributed by atoms with E-state index in [1.807, 2.05) is 48.5 Å². The highest BCUT2D eigenvalue weighted by molar-refractivity contribution is 7.80. The molecule has 0 saturated carbocycles. The van der Waals surface area contributed by atoms with Gasteiger partial charge in [0, 0.05) is 43.1 Å². The van der Waals surface area contributed by atoms with Gasteiger partial charge >= 0.3 is 0 Å². The summed E-state index contributed by atoms with van der Waals surface area (Å²) in [6.45, 7) is 2.40. The molecule has 9 heteroatoms.